The normalized spacial score (nSPS) is 10.6. The molecule has 0 fully saturated rings. The summed E-state index contributed by atoms with van der Waals surface area (Å²) in [7, 11) is 0. The maximum Gasteiger partial charge on any atom is 0.404 e. The van der Waals surface area contributed by atoms with E-state index in [2.05, 4.69) is 57.9 Å². The Kier molecular flexibility index (Phi) is 5.40. The summed E-state index contributed by atoms with van der Waals surface area (Å²) in [6.07, 6.45) is 3.43. The minimum Gasteiger partial charge on any atom is -0.465 e. The number of aromatic amines is 1. The average Bonchev–Trinajstić information content (AvgIpc) is 3.10. The SMILES string of the molecule is CSc1ccc(-c2ccc(-c3c[nH]c(CCNC(=O)O)n3)cc2)cc1. The lowest BCUT2D eigenvalue weighted by atomic mass is 10.0. The highest BCUT2D eigenvalue weighted by Crippen LogP contribution is 2.25. The van der Waals surface area contributed by atoms with Crippen LogP contribution in [0, 0.1) is 0 Å². The van der Waals surface area contributed by atoms with Crippen molar-refractivity contribution in [3.8, 4) is 22.4 Å². The zero-order valence-electron chi connectivity index (χ0n) is 13.8. The second kappa shape index (κ2) is 7.90. The fourth-order valence-corrected chi connectivity index (χ4v) is 2.95. The lowest BCUT2D eigenvalue weighted by Crippen LogP contribution is -2.23. The fraction of sp³-hybridized carbons (Fsp3) is 0.158. The van der Waals surface area contributed by atoms with Crippen molar-refractivity contribution in [2.24, 2.45) is 0 Å². The Balaban J connectivity index is 1.69. The molecule has 25 heavy (non-hydrogen) atoms. The van der Waals surface area contributed by atoms with Gasteiger partial charge in [-0.05, 0) is 29.5 Å². The van der Waals surface area contributed by atoms with E-state index in [0.29, 0.717) is 13.0 Å². The summed E-state index contributed by atoms with van der Waals surface area (Å²) in [6, 6.07) is 16.8. The van der Waals surface area contributed by atoms with Crippen molar-refractivity contribution in [3.63, 3.8) is 0 Å². The smallest absolute Gasteiger partial charge is 0.404 e. The Morgan fingerprint density at radius 1 is 1.08 bits per heavy atom. The topological polar surface area (TPSA) is 78.0 Å². The van der Waals surface area contributed by atoms with Gasteiger partial charge in [-0.15, -0.1) is 11.8 Å². The predicted octanol–water partition coefficient (Wildman–Crippen LogP) is 4.28. The van der Waals surface area contributed by atoms with Crippen molar-refractivity contribution in [1.82, 2.24) is 15.3 Å². The van der Waals surface area contributed by atoms with E-state index in [1.165, 1.54) is 10.5 Å². The highest BCUT2D eigenvalue weighted by Gasteiger charge is 2.05. The van der Waals surface area contributed by atoms with Gasteiger partial charge < -0.3 is 15.4 Å². The van der Waals surface area contributed by atoms with Crippen LogP contribution in [-0.4, -0.2) is 34.0 Å². The van der Waals surface area contributed by atoms with Gasteiger partial charge in [0.25, 0.3) is 0 Å². The summed E-state index contributed by atoms with van der Waals surface area (Å²) in [5.41, 5.74) is 4.23. The molecule has 0 unspecified atom stereocenters. The van der Waals surface area contributed by atoms with E-state index in [0.717, 1.165) is 22.6 Å². The van der Waals surface area contributed by atoms with Gasteiger partial charge >= 0.3 is 6.09 Å². The van der Waals surface area contributed by atoms with Crippen LogP contribution < -0.4 is 5.32 Å². The number of imidazole rings is 1. The van der Waals surface area contributed by atoms with Gasteiger partial charge in [0.1, 0.15) is 5.82 Å². The van der Waals surface area contributed by atoms with E-state index < -0.39 is 6.09 Å². The summed E-state index contributed by atoms with van der Waals surface area (Å²) in [5, 5.41) is 10.9. The number of carbonyl (C=O) groups is 1. The number of nitrogens with zero attached hydrogens (tertiary/aromatic N) is 1. The Labute approximate surface area is 150 Å². The lowest BCUT2D eigenvalue weighted by molar-refractivity contribution is 0.194. The van der Waals surface area contributed by atoms with Crippen molar-refractivity contribution in [3.05, 3.63) is 60.6 Å². The van der Waals surface area contributed by atoms with Crippen LogP contribution in [-0.2, 0) is 6.42 Å². The Morgan fingerprint density at radius 2 is 1.68 bits per heavy atom. The van der Waals surface area contributed by atoms with Crippen LogP contribution >= 0.6 is 11.8 Å². The molecule has 1 heterocycles. The summed E-state index contributed by atoms with van der Waals surface area (Å²) < 4.78 is 0. The highest BCUT2D eigenvalue weighted by molar-refractivity contribution is 7.98. The van der Waals surface area contributed by atoms with Crippen LogP contribution in [0.3, 0.4) is 0 Å². The number of hydrogen-bond donors (Lipinski definition) is 3. The molecule has 3 rings (SSSR count). The maximum atomic E-state index is 10.5. The van der Waals surface area contributed by atoms with Gasteiger partial charge in [-0.25, -0.2) is 9.78 Å². The van der Waals surface area contributed by atoms with Gasteiger partial charge in [0.2, 0.25) is 0 Å². The van der Waals surface area contributed by atoms with Gasteiger partial charge in [-0.1, -0.05) is 36.4 Å². The molecule has 128 valence electrons. The van der Waals surface area contributed by atoms with Crippen molar-refractivity contribution in [2.45, 2.75) is 11.3 Å². The highest BCUT2D eigenvalue weighted by atomic mass is 32.2. The number of hydrogen-bond acceptors (Lipinski definition) is 3. The summed E-state index contributed by atoms with van der Waals surface area (Å²) in [4.78, 5) is 19.3. The number of aromatic nitrogens is 2. The number of nitrogens with one attached hydrogen (secondary N) is 2. The molecule has 0 saturated heterocycles. The lowest BCUT2D eigenvalue weighted by Gasteiger charge is -2.04. The van der Waals surface area contributed by atoms with E-state index in [4.69, 9.17) is 5.11 Å². The minimum atomic E-state index is -1.02. The molecule has 0 radical (unpaired) electrons. The Morgan fingerprint density at radius 3 is 2.28 bits per heavy atom. The first-order valence-corrected chi connectivity index (χ1v) is 9.14. The summed E-state index contributed by atoms with van der Waals surface area (Å²) >= 11 is 1.73. The standard InChI is InChI=1S/C19H19N3O2S/c1-25-16-8-6-14(7-9-16)13-2-4-15(5-3-13)17-12-21-18(22-17)10-11-20-19(23)24/h2-9,12,20H,10-11H2,1H3,(H,21,22)(H,23,24). The number of carboxylic acid groups (broad SMARTS) is 1. The zero-order chi connectivity index (χ0) is 17.6. The molecule has 0 spiro atoms. The van der Waals surface area contributed by atoms with E-state index in [9.17, 15) is 4.79 Å². The zero-order valence-corrected chi connectivity index (χ0v) is 14.6. The van der Waals surface area contributed by atoms with Crippen molar-refractivity contribution in [2.75, 3.05) is 12.8 Å². The molecule has 0 atom stereocenters. The van der Waals surface area contributed by atoms with Crippen LogP contribution in [0.4, 0.5) is 4.79 Å². The van der Waals surface area contributed by atoms with Gasteiger partial charge in [0.15, 0.2) is 0 Å². The van der Waals surface area contributed by atoms with Gasteiger partial charge in [0.05, 0.1) is 5.69 Å². The molecular formula is C19H19N3O2S. The Bertz CT molecular complexity index is 842. The van der Waals surface area contributed by atoms with E-state index in [-0.39, 0.29) is 0 Å². The molecule has 1 aromatic heterocycles. The maximum absolute atomic E-state index is 10.5. The van der Waals surface area contributed by atoms with Crippen LogP contribution in [0.2, 0.25) is 0 Å². The van der Waals surface area contributed by atoms with Crippen LogP contribution in [0.25, 0.3) is 22.4 Å². The number of benzene rings is 2. The van der Waals surface area contributed by atoms with Crippen LogP contribution in [0.5, 0.6) is 0 Å². The molecule has 3 aromatic rings. The second-order valence-corrected chi connectivity index (χ2v) is 6.40. The number of H-pyrrole nitrogens is 1. The molecular weight excluding hydrogens is 334 g/mol. The largest absolute Gasteiger partial charge is 0.465 e. The van der Waals surface area contributed by atoms with Crippen molar-refractivity contribution >= 4 is 17.9 Å². The molecule has 0 aliphatic heterocycles. The Hall–Kier alpha value is -2.73. The van der Waals surface area contributed by atoms with Gasteiger partial charge in [-0.2, -0.15) is 0 Å². The molecule has 2 aromatic carbocycles. The van der Waals surface area contributed by atoms with Gasteiger partial charge in [0, 0.05) is 29.6 Å². The third-order valence-electron chi connectivity index (χ3n) is 3.87. The average molecular weight is 353 g/mol. The van der Waals surface area contributed by atoms with Crippen molar-refractivity contribution in [1.29, 1.82) is 0 Å². The fourth-order valence-electron chi connectivity index (χ4n) is 2.54. The predicted molar refractivity (Wildman–Crippen MR) is 101 cm³/mol. The molecule has 0 bridgehead atoms. The quantitative estimate of drug-likeness (QED) is 0.578. The molecule has 0 saturated carbocycles. The molecule has 0 aliphatic rings. The number of rotatable bonds is 6. The van der Waals surface area contributed by atoms with E-state index >= 15 is 0 Å². The number of amides is 1. The molecule has 0 aliphatic carbocycles. The molecule has 5 nitrogen and oxygen atoms in total. The van der Waals surface area contributed by atoms with Crippen LogP contribution in [0.1, 0.15) is 5.82 Å². The number of thioether (sulfide) groups is 1. The third kappa shape index (κ3) is 4.42. The van der Waals surface area contributed by atoms with E-state index in [1.807, 2.05) is 18.3 Å². The summed E-state index contributed by atoms with van der Waals surface area (Å²) in [6.45, 7) is 0.341. The third-order valence-corrected chi connectivity index (χ3v) is 4.62. The molecule has 6 heteroatoms. The first kappa shape index (κ1) is 17.1. The molecule has 1 amide bonds. The first-order valence-electron chi connectivity index (χ1n) is 7.91. The van der Waals surface area contributed by atoms with Crippen molar-refractivity contribution < 1.29 is 9.90 Å². The monoisotopic (exact) mass is 353 g/mol. The first-order chi connectivity index (χ1) is 12.2. The van der Waals surface area contributed by atoms with E-state index in [1.54, 1.807) is 11.8 Å². The molecule has 3 N–H and O–H groups in total. The van der Waals surface area contributed by atoms with Crippen LogP contribution in [0.15, 0.2) is 59.6 Å². The minimum absolute atomic E-state index is 0.341. The second-order valence-electron chi connectivity index (χ2n) is 5.52. The van der Waals surface area contributed by atoms with Gasteiger partial charge in [-0.3, -0.25) is 0 Å². The summed E-state index contributed by atoms with van der Waals surface area (Å²) in [5.74, 6) is 0.764.